The van der Waals surface area contributed by atoms with Crippen LogP contribution in [0.5, 0.6) is 11.5 Å². The lowest BCUT2D eigenvalue weighted by Gasteiger charge is -2.23. The van der Waals surface area contributed by atoms with E-state index in [0.29, 0.717) is 0 Å². The fourth-order valence-electron chi connectivity index (χ4n) is 1.65. The summed E-state index contributed by atoms with van der Waals surface area (Å²) >= 11 is 0. The molecule has 0 saturated carbocycles. The van der Waals surface area contributed by atoms with Crippen molar-refractivity contribution < 1.29 is 14.6 Å². The van der Waals surface area contributed by atoms with Crippen molar-refractivity contribution >= 4 is 0 Å². The molecule has 0 heterocycles. The second-order valence-corrected chi connectivity index (χ2v) is 4.90. The SMILES string of the molecule is COc1ccc(CCNC(C)(C)CO)c(OC)c1. The Morgan fingerprint density at radius 2 is 1.94 bits per heavy atom. The largest absolute Gasteiger partial charge is 0.497 e. The molecule has 1 aromatic carbocycles. The zero-order valence-electron chi connectivity index (χ0n) is 11.6. The quantitative estimate of drug-likeness (QED) is 0.775. The fourth-order valence-corrected chi connectivity index (χ4v) is 1.65. The maximum absolute atomic E-state index is 9.16. The molecule has 1 aromatic rings. The molecular weight excluding hydrogens is 230 g/mol. The van der Waals surface area contributed by atoms with E-state index in [0.717, 1.165) is 30.0 Å². The molecule has 102 valence electrons. The van der Waals surface area contributed by atoms with Crippen molar-refractivity contribution in [3.8, 4) is 11.5 Å². The Bertz CT molecular complexity index is 377. The molecule has 0 aliphatic heterocycles. The van der Waals surface area contributed by atoms with Crippen LogP contribution in [-0.4, -0.2) is 38.0 Å². The molecule has 0 amide bonds. The maximum atomic E-state index is 9.16. The van der Waals surface area contributed by atoms with Gasteiger partial charge in [-0.25, -0.2) is 0 Å². The summed E-state index contributed by atoms with van der Waals surface area (Å²) in [6.07, 6.45) is 0.844. The van der Waals surface area contributed by atoms with Crippen molar-refractivity contribution in [2.75, 3.05) is 27.4 Å². The average molecular weight is 253 g/mol. The van der Waals surface area contributed by atoms with E-state index in [1.165, 1.54) is 0 Å². The number of aliphatic hydroxyl groups is 1. The zero-order valence-corrected chi connectivity index (χ0v) is 11.6. The predicted octanol–water partition coefficient (Wildman–Crippen LogP) is 1.61. The van der Waals surface area contributed by atoms with Gasteiger partial charge in [0, 0.05) is 11.6 Å². The number of rotatable bonds is 7. The summed E-state index contributed by atoms with van der Waals surface area (Å²) in [5.41, 5.74) is 0.874. The third kappa shape index (κ3) is 4.20. The van der Waals surface area contributed by atoms with E-state index >= 15 is 0 Å². The third-order valence-electron chi connectivity index (χ3n) is 2.89. The Labute approximate surface area is 109 Å². The highest BCUT2D eigenvalue weighted by molar-refractivity contribution is 5.40. The molecule has 0 bridgehead atoms. The molecule has 4 nitrogen and oxygen atoms in total. The van der Waals surface area contributed by atoms with Crippen LogP contribution in [0.4, 0.5) is 0 Å². The Balaban J connectivity index is 2.62. The average Bonchev–Trinajstić information content (AvgIpc) is 2.38. The number of nitrogens with one attached hydrogen (secondary N) is 1. The van der Waals surface area contributed by atoms with Crippen LogP contribution in [0.25, 0.3) is 0 Å². The van der Waals surface area contributed by atoms with Crippen LogP contribution in [-0.2, 0) is 6.42 Å². The predicted molar refractivity (Wildman–Crippen MR) is 72.4 cm³/mol. The number of ether oxygens (including phenoxy) is 2. The number of benzene rings is 1. The summed E-state index contributed by atoms with van der Waals surface area (Å²) in [7, 11) is 3.29. The number of hydrogen-bond acceptors (Lipinski definition) is 4. The van der Waals surface area contributed by atoms with Gasteiger partial charge in [0.1, 0.15) is 11.5 Å². The van der Waals surface area contributed by atoms with Crippen LogP contribution < -0.4 is 14.8 Å². The van der Waals surface area contributed by atoms with Crippen molar-refractivity contribution in [2.45, 2.75) is 25.8 Å². The van der Waals surface area contributed by atoms with Crippen molar-refractivity contribution in [3.05, 3.63) is 23.8 Å². The summed E-state index contributed by atoms with van der Waals surface area (Å²) in [5.74, 6) is 1.62. The van der Waals surface area contributed by atoms with Gasteiger partial charge in [0.25, 0.3) is 0 Å². The van der Waals surface area contributed by atoms with E-state index in [9.17, 15) is 0 Å². The highest BCUT2D eigenvalue weighted by Gasteiger charge is 2.15. The van der Waals surface area contributed by atoms with Crippen LogP contribution in [0.2, 0.25) is 0 Å². The summed E-state index contributed by atoms with van der Waals surface area (Å²) < 4.78 is 10.5. The monoisotopic (exact) mass is 253 g/mol. The Kier molecular flexibility index (Phi) is 5.44. The standard InChI is InChI=1S/C14H23NO3/c1-14(2,10-16)15-8-7-11-5-6-12(17-3)9-13(11)18-4/h5-6,9,15-16H,7-8,10H2,1-4H3. The van der Waals surface area contributed by atoms with Gasteiger partial charge in [-0.2, -0.15) is 0 Å². The lowest BCUT2D eigenvalue weighted by Crippen LogP contribution is -2.43. The fraction of sp³-hybridized carbons (Fsp3) is 0.571. The first kappa shape index (κ1) is 14.8. The lowest BCUT2D eigenvalue weighted by atomic mass is 10.1. The minimum Gasteiger partial charge on any atom is -0.497 e. The van der Waals surface area contributed by atoms with Gasteiger partial charge in [0.05, 0.1) is 20.8 Å². The van der Waals surface area contributed by atoms with Crippen LogP contribution >= 0.6 is 0 Å². The molecule has 0 aliphatic rings. The van der Waals surface area contributed by atoms with Crippen LogP contribution in [0.1, 0.15) is 19.4 Å². The van der Waals surface area contributed by atoms with E-state index in [1.807, 2.05) is 32.0 Å². The molecule has 4 heteroatoms. The molecule has 0 saturated heterocycles. The first-order valence-electron chi connectivity index (χ1n) is 6.09. The second-order valence-electron chi connectivity index (χ2n) is 4.90. The van der Waals surface area contributed by atoms with Gasteiger partial charge in [-0.05, 0) is 38.4 Å². The van der Waals surface area contributed by atoms with Gasteiger partial charge in [-0.3, -0.25) is 0 Å². The first-order valence-corrected chi connectivity index (χ1v) is 6.09. The Morgan fingerprint density at radius 1 is 1.22 bits per heavy atom. The highest BCUT2D eigenvalue weighted by Crippen LogP contribution is 2.24. The molecule has 0 aromatic heterocycles. The minimum atomic E-state index is -0.250. The van der Waals surface area contributed by atoms with E-state index < -0.39 is 0 Å². The molecule has 0 spiro atoms. The Hall–Kier alpha value is -1.26. The molecular formula is C14H23NO3. The molecule has 0 radical (unpaired) electrons. The van der Waals surface area contributed by atoms with Gasteiger partial charge in [0.15, 0.2) is 0 Å². The van der Waals surface area contributed by atoms with E-state index in [2.05, 4.69) is 5.32 Å². The minimum absolute atomic E-state index is 0.118. The summed E-state index contributed by atoms with van der Waals surface area (Å²) in [4.78, 5) is 0. The van der Waals surface area contributed by atoms with E-state index in [4.69, 9.17) is 14.6 Å². The molecule has 1 rings (SSSR count). The summed E-state index contributed by atoms with van der Waals surface area (Å²) in [6, 6.07) is 5.81. The lowest BCUT2D eigenvalue weighted by molar-refractivity contribution is 0.189. The van der Waals surface area contributed by atoms with Gasteiger partial charge >= 0.3 is 0 Å². The van der Waals surface area contributed by atoms with Crippen molar-refractivity contribution in [2.24, 2.45) is 0 Å². The van der Waals surface area contributed by atoms with Crippen molar-refractivity contribution in [1.29, 1.82) is 0 Å². The molecule has 2 N–H and O–H groups in total. The molecule has 0 aliphatic carbocycles. The van der Waals surface area contributed by atoms with Crippen LogP contribution in [0, 0.1) is 0 Å². The highest BCUT2D eigenvalue weighted by atomic mass is 16.5. The molecule has 0 unspecified atom stereocenters. The molecule has 18 heavy (non-hydrogen) atoms. The third-order valence-corrected chi connectivity index (χ3v) is 2.89. The smallest absolute Gasteiger partial charge is 0.125 e. The van der Waals surface area contributed by atoms with E-state index in [1.54, 1.807) is 14.2 Å². The van der Waals surface area contributed by atoms with Gasteiger partial charge in [-0.1, -0.05) is 6.07 Å². The van der Waals surface area contributed by atoms with E-state index in [-0.39, 0.29) is 12.1 Å². The number of hydrogen-bond donors (Lipinski definition) is 2. The topological polar surface area (TPSA) is 50.7 Å². The van der Waals surface area contributed by atoms with Crippen molar-refractivity contribution in [3.63, 3.8) is 0 Å². The molecule has 0 fully saturated rings. The number of methoxy groups -OCH3 is 2. The second kappa shape index (κ2) is 6.61. The van der Waals surface area contributed by atoms with Crippen molar-refractivity contribution in [1.82, 2.24) is 5.32 Å². The molecule has 0 atom stereocenters. The van der Waals surface area contributed by atoms with Gasteiger partial charge in [-0.15, -0.1) is 0 Å². The maximum Gasteiger partial charge on any atom is 0.125 e. The first-order chi connectivity index (χ1) is 8.52. The van der Waals surface area contributed by atoms with Crippen LogP contribution in [0.3, 0.4) is 0 Å². The summed E-state index contributed by atoms with van der Waals surface area (Å²) in [5, 5.41) is 12.5. The zero-order chi connectivity index (χ0) is 13.6. The normalized spacial score (nSPS) is 11.4. The Morgan fingerprint density at radius 3 is 2.50 bits per heavy atom. The summed E-state index contributed by atoms with van der Waals surface area (Å²) in [6.45, 7) is 4.85. The van der Waals surface area contributed by atoms with Gasteiger partial charge < -0.3 is 19.9 Å². The number of aliphatic hydroxyl groups excluding tert-OH is 1. The van der Waals surface area contributed by atoms with Gasteiger partial charge in [0.2, 0.25) is 0 Å². The van der Waals surface area contributed by atoms with Crippen LogP contribution in [0.15, 0.2) is 18.2 Å².